The van der Waals surface area contributed by atoms with Crippen LogP contribution in [0, 0.1) is 0 Å². The van der Waals surface area contributed by atoms with E-state index in [2.05, 4.69) is 10.6 Å². The first-order valence-electron chi connectivity index (χ1n) is 8.21. The van der Waals surface area contributed by atoms with Crippen LogP contribution in [-0.4, -0.2) is 35.3 Å². The van der Waals surface area contributed by atoms with Crippen LogP contribution < -0.4 is 20.1 Å². The standard InChI is InChI=1S/C19H19ClN2O5S/c1-10(2)27-13-6-4-5-11(7-13)17(23)22-19(28)21-15-9-12(18(24)25)8-14(20)16(15)26-3/h4-10H,1-3H3,(H,24,25)(H2,21,22,23,28). The molecule has 1 amide bonds. The van der Waals surface area contributed by atoms with Gasteiger partial charge >= 0.3 is 5.97 Å². The van der Waals surface area contributed by atoms with Crippen LogP contribution in [0.3, 0.4) is 0 Å². The normalized spacial score (nSPS) is 10.3. The molecule has 0 aliphatic heterocycles. The van der Waals surface area contributed by atoms with E-state index in [0.29, 0.717) is 11.3 Å². The number of ether oxygens (including phenoxy) is 2. The summed E-state index contributed by atoms with van der Waals surface area (Å²) in [6.07, 6.45) is -0.0280. The molecular formula is C19H19ClN2O5S. The molecule has 0 bridgehead atoms. The molecular weight excluding hydrogens is 404 g/mol. The second kappa shape index (κ2) is 9.38. The zero-order valence-corrected chi connectivity index (χ0v) is 17.0. The number of carboxylic acids is 1. The van der Waals surface area contributed by atoms with Gasteiger partial charge in [-0.3, -0.25) is 10.1 Å². The average molecular weight is 423 g/mol. The Kier molecular flexibility index (Phi) is 7.19. The molecule has 0 aliphatic carbocycles. The largest absolute Gasteiger partial charge is 0.493 e. The van der Waals surface area contributed by atoms with Crippen LogP contribution in [0.5, 0.6) is 11.5 Å². The molecule has 0 spiro atoms. The minimum absolute atomic E-state index is 0.0280. The number of aromatic carboxylic acids is 1. The van der Waals surface area contributed by atoms with Crippen molar-refractivity contribution in [2.75, 3.05) is 12.4 Å². The van der Waals surface area contributed by atoms with Crippen LogP contribution in [0.2, 0.25) is 5.02 Å². The lowest BCUT2D eigenvalue weighted by molar-refractivity contribution is 0.0696. The van der Waals surface area contributed by atoms with Gasteiger partial charge in [-0.2, -0.15) is 0 Å². The fourth-order valence-corrected chi connectivity index (χ4v) is 2.83. The quantitative estimate of drug-likeness (QED) is 0.606. The van der Waals surface area contributed by atoms with Crippen molar-refractivity contribution in [1.29, 1.82) is 0 Å². The predicted octanol–water partition coefficient (Wildman–Crippen LogP) is 3.96. The third-order valence-corrected chi connectivity index (χ3v) is 3.92. The van der Waals surface area contributed by atoms with Crippen LogP contribution in [0.25, 0.3) is 0 Å². The molecule has 0 aliphatic rings. The van der Waals surface area contributed by atoms with Crippen molar-refractivity contribution in [2.45, 2.75) is 20.0 Å². The van der Waals surface area contributed by atoms with Crippen molar-refractivity contribution in [1.82, 2.24) is 5.32 Å². The SMILES string of the molecule is COc1c(Cl)cc(C(=O)O)cc1NC(=S)NC(=O)c1cccc(OC(C)C)c1. The summed E-state index contributed by atoms with van der Waals surface area (Å²) in [4.78, 5) is 23.7. The van der Waals surface area contributed by atoms with Crippen LogP contribution >= 0.6 is 23.8 Å². The third kappa shape index (κ3) is 5.58. The number of carbonyl (C=O) groups is 2. The average Bonchev–Trinajstić information content (AvgIpc) is 2.60. The molecule has 148 valence electrons. The molecule has 3 N–H and O–H groups in total. The van der Waals surface area contributed by atoms with Gasteiger partial charge in [-0.15, -0.1) is 0 Å². The number of anilines is 1. The lowest BCUT2D eigenvalue weighted by Crippen LogP contribution is -2.34. The number of amides is 1. The molecule has 0 radical (unpaired) electrons. The predicted molar refractivity (Wildman–Crippen MR) is 111 cm³/mol. The number of methoxy groups -OCH3 is 1. The minimum Gasteiger partial charge on any atom is -0.493 e. The second-order valence-corrected chi connectivity index (χ2v) is 6.76. The Morgan fingerprint density at radius 3 is 2.50 bits per heavy atom. The number of hydrogen-bond donors (Lipinski definition) is 3. The number of rotatable bonds is 6. The van der Waals surface area contributed by atoms with E-state index in [1.54, 1.807) is 24.3 Å². The molecule has 2 rings (SSSR count). The smallest absolute Gasteiger partial charge is 0.335 e. The molecule has 2 aromatic rings. The van der Waals surface area contributed by atoms with Gasteiger partial charge < -0.3 is 19.9 Å². The second-order valence-electron chi connectivity index (χ2n) is 5.95. The number of hydrogen-bond acceptors (Lipinski definition) is 5. The fraction of sp³-hybridized carbons (Fsp3) is 0.211. The van der Waals surface area contributed by atoms with Gasteiger partial charge in [0.05, 0.1) is 29.5 Å². The van der Waals surface area contributed by atoms with E-state index in [0.717, 1.165) is 0 Å². The Balaban J connectivity index is 2.16. The summed E-state index contributed by atoms with van der Waals surface area (Å²) in [6.45, 7) is 3.77. The first kappa shape index (κ1) is 21.5. The van der Waals surface area contributed by atoms with Crippen molar-refractivity contribution in [3.8, 4) is 11.5 Å². The Labute approximate surface area is 172 Å². The zero-order chi connectivity index (χ0) is 20.8. The monoisotopic (exact) mass is 422 g/mol. The first-order chi connectivity index (χ1) is 13.2. The lowest BCUT2D eigenvalue weighted by atomic mass is 10.2. The minimum atomic E-state index is -1.16. The summed E-state index contributed by atoms with van der Waals surface area (Å²) >= 11 is 11.2. The van der Waals surface area contributed by atoms with Crippen molar-refractivity contribution in [2.24, 2.45) is 0 Å². The summed E-state index contributed by atoms with van der Waals surface area (Å²) in [5.74, 6) is -0.851. The number of carbonyl (C=O) groups excluding carboxylic acids is 1. The van der Waals surface area contributed by atoms with Crippen molar-refractivity contribution < 1.29 is 24.2 Å². The Morgan fingerprint density at radius 1 is 1.18 bits per heavy atom. The van der Waals surface area contributed by atoms with Crippen LogP contribution in [0.1, 0.15) is 34.6 Å². The fourth-order valence-electron chi connectivity index (χ4n) is 2.33. The molecule has 0 atom stereocenters. The van der Waals surface area contributed by atoms with E-state index in [1.165, 1.54) is 19.2 Å². The van der Waals surface area contributed by atoms with Gasteiger partial charge in [-0.1, -0.05) is 17.7 Å². The molecule has 0 saturated carbocycles. The van der Waals surface area contributed by atoms with Crippen molar-refractivity contribution in [3.63, 3.8) is 0 Å². The highest BCUT2D eigenvalue weighted by atomic mass is 35.5. The zero-order valence-electron chi connectivity index (χ0n) is 15.4. The molecule has 0 aromatic heterocycles. The van der Waals surface area contributed by atoms with Gasteiger partial charge in [0, 0.05) is 5.56 Å². The van der Waals surface area contributed by atoms with E-state index in [1.807, 2.05) is 13.8 Å². The Hall–Kier alpha value is -2.84. The highest BCUT2D eigenvalue weighted by Gasteiger charge is 2.16. The molecule has 7 nitrogen and oxygen atoms in total. The van der Waals surface area contributed by atoms with Crippen LogP contribution in [0.4, 0.5) is 5.69 Å². The highest BCUT2D eigenvalue weighted by Crippen LogP contribution is 2.34. The van der Waals surface area contributed by atoms with E-state index < -0.39 is 11.9 Å². The maximum atomic E-state index is 12.4. The third-order valence-electron chi connectivity index (χ3n) is 3.44. The highest BCUT2D eigenvalue weighted by molar-refractivity contribution is 7.80. The summed E-state index contributed by atoms with van der Waals surface area (Å²) in [7, 11) is 1.38. The molecule has 0 fully saturated rings. The van der Waals surface area contributed by atoms with Crippen LogP contribution in [0.15, 0.2) is 36.4 Å². The topological polar surface area (TPSA) is 96.9 Å². The summed E-state index contributed by atoms with van der Waals surface area (Å²) < 4.78 is 10.7. The van der Waals surface area contributed by atoms with E-state index in [9.17, 15) is 14.7 Å². The van der Waals surface area contributed by atoms with Crippen molar-refractivity contribution in [3.05, 3.63) is 52.5 Å². The lowest BCUT2D eigenvalue weighted by Gasteiger charge is -2.15. The molecule has 0 unspecified atom stereocenters. The maximum absolute atomic E-state index is 12.4. The Morgan fingerprint density at radius 2 is 1.89 bits per heavy atom. The number of thiocarbonyl (C=S) groups is 1. The van der Waals surface area contributed by atoms with Gasteiger partial charge in [0.25, 0.3) is 5.91 Å². The summed E-state index contributed by atoms with van der Waals surface area (Å²) in [5, 5.41) is 14.5. The molecule has 9 heteroatoms. The van der Waals surface area contributed by atoms with Crippen molar-refractivity contribution >= 4 is 46.5 Å². The van der Waals surface area contributed by atoms with E-state index in [-0.39, 0.29) is 33.2 Å². The van der Waals surface area contributed by atoms with E-state index in [4.69, 9.17) is 33.3 Å². The maximum Gasteiger partial charge on any atom is 0.335 e. The number of nitrogens with one attached hydrogen (secondary N) is 2. The van der Waals surface area contributed by atoms with Gasteiger partial charge in [0.1, 0.15) is 5.75 Å². The van der Waals surface area contributed by atoms with Gasteiger partial charge in [-0.25, -0.2) is 4.79 Å². The molecule has 28 heavy (non-hydrogen) atoms. The molecule has 2 aromatic carbocycles. The molecule has 0 heterocycles. The van der Waals surface area contributed by atoms with E-state index >= 15 is 0 Å². The van der Waals surface area contributed by atoms with Gasteiger partial charge in [0.2, 0.25) is 0 Å². The first-order valence-corrected chi connectivity index (χ1v) is 8.99. The number of benzene rings is 2. The summed E-state index contributed by atoms with van der Waals surface area (Å²) in [6, 6.07) is 9.23. The van der Waals surface area contributed by atoms with Gasteiger partial charge in [-0.05, 0) is 56.4 Å². The van der Waals surface area contributed by atoms with Crippen LogP contribution in [-0.2, 0) is 0 Å². The summed E-state index contributed by atoms with van der Waals surface area (Å²) in [5.41, 5.74) is 0.516. The van der Waals surface area contributed by atoms with Gasteiger partial charge in [0.15, 0.2) is 10.9 Å². The Bertz CT molecular complexity index is 917. The molecule has 0 saturated heterocycles. The number of carboxylic acid groups (broad SMARTS) is 1. The number of halogens is 1.